The topological polar surface area (TPSA) is 21.3 Å². The van der Waals surface area contributed by atoms with E-state index in [2.05, 4.69) is 10.1 Å². The molecule has 21 heavy (non-hydrogen) atoms. The zero-order chi connectivity index (χ0) is 15.4. The summed E-state index contributed by atoms with van der Waals surface area (Å²) in [5, 5.41) is 4.24. The number of anilines is 1. The van der Waals surface area contributed by atoms with Gasteiger partial charge in [0.05, 0.1) is 15.7 Å². The van der Waals surface area contributed by atoms with Crippen molar-refractivity contribution in [2.24, 2.45) is 0 Å². The van der Waals surface area contributed by atoms with E-state index in [0.29, 0.717) is 15.7 Å². The first kappa shape index (κ1) is 15.9. The largest absolute Gasteiger partial charge is 0.435 e. The van der Waals surface area contributed by atoms with Gasteiger partial charge in [-0.1, -0.05) is 41.4 Å². The summed E-state index contributed by atoms with van der Waals surface area (Å²) in [4.78, 5) is 0. The number of hydrogen-bond donors (Lipinski definition) is 1. The highest BCUT2D eigenvalue weighted by molar-refractivity contribution is 6.39. The van der Waals surface area contributed by atoms with Crippen LogP contribution in [0.25, 0.3) is 0 Å². The van der Waals surface area contributed by atoms with Crippen LogP contribution >= 0.6 is 23.2 Å². The Bertz CT molecular complexity index is 585. The van der Waals surface area contributed by atoms with Gasteiger partial charge < -0.3 is 10.1 Å². The van der Waals surface area contributed by atoms with Crippen molar-refractivity contribution in [3.05, 3.63) is 58.1 Å². The normalized spacial score (nSPS) is 12.3. The summed E-state index contributed by atoms with van der Waals surface area (Å²) in [5.41, 5.74) is 1.54. The molecule has 0 aliphatic heterocycles. The minimum Gasteiger partial charge on any atom is -0.435 e. The molecular formula is C15H13Cl2F2NO. The molecule has 112 valence electrons. The van der Waals surface area contributed by atoms with Crippen LogP contribution in [-0.2, 0) is 0 Å². The molecule has 2 rings (SSSR count). The van der Waals surface area contributed by atoms with E-state index >= 15 is 0 Å². The summed E-state index contributed by atoms with van der Waals surface area (Å²) in [6, 6.07) is 11.5. The van der Waals surface area contributed by atoms with Crippen LogP contribution in [-0.4, -0.2) is 6.61 Å². The van der Waals surface area contributed by atoms with Crippen LogP contribution in [0.2, 0.25) is 10.0 Å². The Morgan fingerprint density at radius 1 is 1.00 bits per heavy atom. The molecule has 0 bridgehead atoms. The van der Waals surface area contributed by atoms with Gasteiger partial charge in [0.1, 0.15) is 5.75 Å². The van der Waals surface area contributed by atoms with Crippen LogP contribution in [0.4, 0.5) is 14.5 Å². The Morgan fingerprint density at radius 3 is 2.10 bits per heavy atom. The first-order chi connectivity index (χ1) is 9.97. The molecule has 0 saturated heterocycles. The van der Waals surface area contributed by atoms with Gasteiger partial charge in [0.25, 0.3) is 0 Å². The SMILES string of the molecule is CC(Nc1c(Cl)cccc1Cl)c1ccc(OC(F)F)cc1. The van der Waals surface area contributed by atoms with Crippen molar-refractivity contribution in [1.29, 1.82) is 0 Å². The number of para-hydroxylation sites is 1. The third-order valence-electron chi connectivity index (χ3n) is 2.93. The van der Waals surface area contributed by atoms with E-state index in [-0.39, 0.29) is 11.8 Å². The number of hydrogen-bond acceptors (Lipinski definition) is 2. The number of rotatable bonds is 5. The average molecular weight is 332 g/mol. The van der Waals surface area contributed by atoms with Crippen molar-refractivity contribution in [3.8, 4) is 5.75 Å². The zero-order valence-corrected chi connectivity index (χ0v) is 12.6. The van der Waals surface area contributed by atoms with E-state index in [9.17, 15) is 8.78 Å². The van der Waals surface area contributed by atoms with Crippen LogP contribution in [0.3, 0.4) is 0 Å². The third kappa shape index (κ3) is 4.22. The average Bonchev–Trinajstić information content (AvgIpc) is 2.43. The van der Waals surface area contributed by atoms with E-state index in [1.807, 2.05) is 6.92 Å². The van der Waals surface area contributed by atoms with Crippen molar-refractivity contribution in [2.75, 3.05) is 5.32 Å². The number of ether oxygens (including phenoxy) is 1. The highest BCUT2D eigenvalue weighted by atomic mass is 35.5. The molecule has 2 aromatic rings. The standard InChI is InChI=1S/C15H13Cl2F2NO/c1-9(20-14-12(16)3-2-4-13(14)17)10-5-7-11(8-6-10)21-15(18)19/h2-9,15,20H,1H3. The zero-order valence-electron chi connectivity index (χ0n) is 11.1. The smallest absolute Gasteiger partial charge is 0.387 e. The molecule has 0 aliphatic rings. The molecule has 2 nitrogen and oxygen atoms in total. The van der Waals surface area contributed by atoms with Crippen LogP contribution in [0, 0.1) is 0 Å². The van der Waals surface area contributed by atoms with E-state index < -0.39 is 6.61 Å². The molecular weight excluding hydrogens is 319 g/mol. The molecule has 1 unspecified atom stereocenters. The number of benzene rings is 2. The fourth-order valence-corrected chi connectivity index (χ4v) is 2.38. The summed E-state index contributed by atoms with van der Waals surface area (Å²) >= 11 is 12.2. The summed E-state index contributed by atoms with van der Waals surface area (Å²) in [6.45, 7) is -0.906. The molecule has 0 spiro atoms. The lowest BCUT2D eigenvalue weighted by atomic mass is 10.1. The summed E-state index contributed by atoms with van der Waals surface area (Å²) in [6.07, 6.45) is 0. The third-order valence-corrected chi connectivity index (χ3v) is 3.56. The quantitative estimate of drug-likeness (QED) is 0.751. The monoisotopic (exact) mass is 331 g/mol. The first-order valence-corrected chi connectivity index (χ1v) is 6.98. The predicted octanol–water partition coefficient (Wildman–Crippen LogP) is 5.77. The van der Waals surface area contributed by atoms with Gasteiger partial charge in [-0.2, -0.15) is 8.78 Å². The number of alkyl halides is 2. The van der Waals surface area contributed by atoms with Gasteiger partial charge in [0.2, 0.25) is 0 Å². The lowest BCUT2D eigenvalue weighted by molar-refractivity contribution is -0.0498. The molecule has 0 heterocycles. The van der Waals surface area contributed by atoms with E-state index in [1.165, 1.54) is 12.1 Å². The molecule has 6 heteroatoms. The van der Waals surface area contributed by atoms with Gasteiger partial charge in [-0.15, -0.1) is 0 Å². The van der Waals surface area contributed by atoms with Crippen LogP contribution in [0.5, 0.6) is 5.75 Å². The predicted molar refractivity (Wildman–Crippen MR) is 81.6 cm³/mol. The fourth-order valence-electron chi connectivity index (χ4n) is 1.87. The second-order valence-electron chi connectivity index (χ2n) is 4.41. The highest BCUT2D eigenvalue weighted by Crippen LogP contribution is 2.33. The molecule has 1 N–H and O–H groups in total. The molecule has 1 atom stereocenters. The summed E-state index contributed by atoms with van der Waals surface area (Å²) < 4.78 is 28.5. The fraction of sp³-hybridized carbons (Fsp3) is 0.200. The first-order valence-electron chi connectivity index (χ1n) is 6.22. The maximum Gasteiger partial charge on any atom is 0.387 e. The van der Waals surface area contributed by atoms with E-state index in [0.717, 1.165) is 5.56 Å². The van der Waals surface area contributed by atoms with E-state index in [4.69, 9.17) is 23.2 Å². The molecule has 0 fully saturated rings. The maximum absolute atomic E-state index is 12.1. The van der Waals surface area contributed by atoms with Crippen LogP contribution < -0.4 is 10.1 Å². The Kier molecular flexibility index (Phi) is 5.26. The summed E-state index contributed by atoms with van der Waals surface area (Å²) in [7, 11) is 0. The van der Waals surface area contributed by atoms with Gasteiger partial charge in [-0.3, -0.25) is 0 Å². The van der Waals surface area contributed by atoms with Crippen molar-refractivity contribution in [1.82, 2.24) is 0 Å². The maximum atomic E-state index is 12.1. The van der Waals surface area contributed by atoms with Crippen LogP contribution in [0.1, 0.15) is 18.5 Å². The molecule has 0 amide bonds. The van der Waals surface area contributed by atoms with Gasteiger partial charge in [-0.25, -0.2) is 0 Å². The Morgan fingerprint density at radius 2 is 1.57 bits per heavy atom. The number of halogens is 4. The van der Waals surface area contributed by atoms with Crippen molar-refractivity contribution in [2.45, 2.75) is 19.6 Å². The molecule has 0 aromatic heterocycles. The lowest BCUT2D eigenvalue weighted by Crippen LogP contribution is -2.08. The van der Waals surface area contributed by atoms with Gasteiger partial charge >= 0.3 is 6.61 Å². The Balaban J connectivity index is 2.11. The minimum absolute atomic E-state index is 0.0944. The Labute approximate surface area is 131 Å². The number of nitrogens with one attached hydrogen (secondary N) is 1. The second-order valence-corrected chi connectivity index (χ2v) is 5.22. The van der Waals surface area contributed by atoms with Crippen molar-refractivity contribution < 1.29 is 13.5 Å². The highest BCUT2D eigenvalue weighted by Gasteiger charge is 2.11. The lowest BCUT2D eigenvalue weighted by Gasteiger charge is -2.18. The van der Waals surface area contributed by atoms with Gasteiger partial charge in [0, 0.05) is 6.04 Å². The van der Waals surface area contributed by atoms with Crippen LogP contribution in [0.15, 0.2) is 42.5 Å². The molecule has 0 radical (unpaired) electrons. The second kappa shape index (κ2) is 6.96. The molecule has 0 saturated carbocycles. The van der Waals surface area contributed by atoms with E-state index in [1.54, 1.807) is 30.3 Å². The summed E-state index contributed by atoms with van der Waals surface area (Å²) in [5.74, 6) is 0.122. The molecule has 2 aromatic carbocycles. The minimum atomic E-state index is -2.83. The van der Waals surface area contributed by atoms with Crippen molar-refractivity contribution >= 4 is 28.9 Å². The Hall–Kier alpha value is -1.52. The van der Waals surface area contributed by atoms with Crippen molar-refractivity contribution in [3.63, 3.8) is 0 Å². The molecule has 0 aliphatic carbocycles. The van der Waals surface area contributed by atoms with Gasteiger partial charge in [0.15, 0.2) is 0 Å². The van der Waals surface area contributed by atoms with Gasteiger partial charge in [-0.05, 0) is 36.8 Å².